The van der Waals surface area contributed by atoms with E-state index in [2.05, 4.69) is 9.97 Å². The zero-order valence-corrected chi connectivity index (χ0v) is 10.7. The molecule has 0 saturated carbocycles. The Morgan fingerprint density at radius 2 is 2.22 bits per heavy atom. The van der Waals surface area contributed by atoms with E-state index in [4.69, 9.17) is 14.9 Å². The van der Waals surface area contributed by atoms with Crippen molar-refractivity contribution < 1.29 is 9.15 Å². The molecule has 0 aromatic carbocycles. The first kappa shape index (κ1) is 12.2. The van der Waals surface area contributed by atoms with Gasteiger partial charge in [0.05, 0.1) is 13.4 Å². The first-order valence-corrected chi connectivity index (χ1v) is 5.52. The van der Waals surface area contributed by atoms with Crippen molar-refractivity contribution in [3.63, 3.8) is 0 Å². The lowest BCUT2D eigenvalue weighted by Crippen LogP contribution is -2.20. The van der Waals surface area contributed by atoms with Crippen molar-refractivity contribution in [2.24, 2.45) is 0 Å². The van der Waals surface area contributed by atoms with E-state index in [0.29, 0.717) is 23.9 Å². The van der Waals surface area contributed by atoms with Crippen LogP contribution in [-0.4, -0.2) is 24.1 Å². The number of hydrogen-bond donors (Lipinski definition) is 1. The topological polar surface area (TPSA) is 77.4 Å². The molecule has 0 atom stereocenters. The van der Waals surface area contributed by atoms with Gasteiger partial charge >= 0.3 is 0 Å². The molecule has 2 aromatic heterocycles. The molecule has 2 heterocycles. The van der Waals surface area contributed by atoms with Crippen LogP contribution in [0.5, 0.6) is 5.88 Å². The molecule has 0 saturated heterocycles. The van der Waals surface area contributed by atoms with Crippen molar-refractivity contribution in [2.75, 3.05) is 24.8 Å². The second-order valence-electron chi connectivity index (χ2n) is 3.98. The lowest BCUT2D eigenvalue weighted by Gasteiger charge is -2.19. The van der Waals surface area contributed by atoms with Gasteiger partial charge < -0.3 is 19.8 Å². The van der Waals surface area contributed by atoms with Gasteiger partial charge in [-0.3, -0.25) is 0 Å². The maximum absolute atomic E-state index is 5.95. The second-order valence-corrected chi connectivity index (χ2v) is 3.98. The molecule has 18 heavy (non-hydrogen) atoms. The fourth-order valence-corrected chi connectivity index (χ4v) is 1.74. The zero-order chi connectivity index (χ0) is 13.1. The van der Waals surface area contributed by atoms with Gasteiger partial charge in [0.1, 0.15) is 17.8 Å². The van der Waals surface area contributed by atoms with Gasteiger partial charge in [0, 0.05) is 19.2 Å². The molecule has 0 aliphatic heterocycles. The van der Waals surface area contributed by atoms with Crippen molar-refractivity contribution in [3.05, 3.63) is 30.0 Å². The molecular formula is C12H16N4O2. The minimum absolute atomic E-state index is 0.385. The van der Waals surface area contributed by atoms with E-state index >= 15 is 0 Å². The van der Waals surface area contributed by atoms with Crippen molar-refractivity contribution in [3.8, 4) is 5.88 Å². The van der Waals surface area contributed by atoms with E-state index in [1.54, 1.807) is 6.26 Å². The summed E-state index contributed by atoms with van der Waals surface area (Å²) in [5, 5.41) is 0. The minimum Gasteiger partial charge on any atom is -0.479 e. The maximum Gasteiger partial charge on any atom is 0.242 e. The molecule has 2 rings (SSSR count). The molecule has 96 valence electrons. The summed E-state index contributed by atoms with van der Waals surface area (Å²) in [6.07, 6.45) is 3.10. The Labute approximate surface area is 105 Å². The molecule has 0 unspecified atom stereocenters. The van der Waals surface area contributed by atoms with Crippen molar-refractivity contribution >= 4 is 11.5 Å². The average molecular weight is 248 g/mol. The molecular weight excluding hydrogens is 232 g/mol. The van der Waals surface area contributed by atoms with Crippen molar-refractivity contribution in [1.82, 2.24) is 9.97 Å². The number of aromatic nitrogens is 2. The van der Waals surface area contributed by atoms with Gasteiger partial charge in [-0.1, -0.05) is 0 Å². The Hall–Kier alpha value is -2.24. The molecule has 6 nitrogen and oxygen atoms in total. The third kappa shape index (κ3) is 2.22. The summed E-state index contributed by atoms with van der Waals surface area (Å²) < 4.78 is 10.3. The van der Waals surface area contributed by atoms with Crippen LogP contribution in [0.1, 0.15) is 11.3 Å². The fourth-order valence-electron chi connectivity index (χ4n) is 1.74. The summed E-state index contributed by atoms with van der Waals surface area (Å²) >= 11 is 0. The monoisotopic (exact) mass is 248 g/mol. The van der Waals surface area contributed by atoms with Gasteiger partial charge in [0.15, 0.2) is 5.82 Å². The highest BCUT2D eigenvalue weighted by Gasteiger charge is 2.14. The van der Waals surface area contributed by atoms with Crippen LogP contribution in [0.4, 0.5) is 11.5 Å². The fraction of sp³-hybridized carbons (Fsp3) is 0.333. The van der Waals surface area contributed by atoms with Gasteiger partial charge in [-0.15, -0.1) is 0 Å². The number of rotatable bonds is 4. The smallest absolute Gasteiger partial charge is 0.242 e. The van der Waals surface area contributed by atoms with Crippen LogP contribution in [0.2, 0.25) is 0 Å². The van der Waals surface area contributed by atoms with Crippen LogP contribution in [0, 0.1) is 6.92 Å². The van der Waals surface area contributed by atoms with Gasteiger partial charge in [0.2, 0.25) is 5.88 Å². The van der Waals surface area contributed by atoms with Crippen LogP contribution in [0.3, 0.4) is 0 Å². The summed E-state index contributed by atoms with van der Waals surface area (Å²) in [7, 11) is 3.44. The molecule has 0 spiro atoms. The highest BCUT2D eigenvalue weighted by atomic mass is 16.5. The number of furan rings is 1. The van der Waals surface area contributed by atoms with Gasteiger partial charge in [-0.2, -0.15) is 4.98 Å². The molecule has 0 amide bonds. The lowest BCUT2D eigenvalue weighted by atomic mass is 10.2. The summed E-state index contributed by atoms with van der Waals surface area (Å²) in [5.41, 5.74) is 7.47. The van der Waals surface area contributed by atoms with Gasteiger partial charge in [0.25, 0.3) is 0 Å². The largest absolute Gasteiger partial charge is 0.479 e. The minimum atomic E-state index is 0.385. The van der Waals surface area contributed by atoms with Crippen molar-refractivity contribution in [1.29, 1.82) is 0 Å². The number of nitrogens with two attached hydrogens (primary N) is 1. The lowest BCUT2D eigenvalue weighted by molar-refractivity contribution is 0.399. The SMILES string of the molecule is COc1ncnc(N(C)Cc2ccoc2C)c1N. The Balaban J connectivity index is 2.24. The molecule has 0 aliphatic carbocycles. The van der Waals surface area contributed by atoms with E-state index in [9.17, 15) is 0 Å². The summed E-state index contributed by atoms with van der Waals surface area (Å²) in [6, 6.07) is 1.93. The third-order valence-electron chi connectivity index (χ3n) is 2.76. The maximum atomic E-state index is 5.95. The molecule has 0 fully saturated rings. The number of anilines is 2. The summed E-state index contributed by atoms with van der Waals surface area (Å²) in [4.78, 5) is 10.1. The number of hydrogen-bond acceptors (Lipinski definition) is 6. The zero-order valence-electron chi connectivity index (χ0n) is 10.7. The van der Waals surface area contributed by atoms with Gasteiger partial charge in [-0.25, -0.2) is 4.98 Å². The number of aryl methyl sites for hydroxylation is 1. The molecule has 0 bridgehead atoms. The molecule has 0 aliphatic rings. The van der Waals surface area contributed by atoms with E-state index < -0.39 is 0 Å². The standard InChI is InChI=1S/C12H16N4O2/c1-8-9(4-5-18-8)6-16(2)11-10(13)12(17-3)15-7-14-11/h4-5,7H,6,13H2,1-3H3. The first-order chi connectivity index (χ1) is 8.63. The second kappa shape index (κ2) is 4.95. The van der Waals surface area contributed by atoms with E-state index in [0.717, 1.165) is 11.3 Å². The summed E-state index contributed by atoms with van der Waals surface area (Å²) in [6.45, 7) is 2.58. The van der Waals surface area contributed by atoms with Crippen LogP contribution < -0.4 is 15.4 Å². The predicted octanol–water partition coefficient (Wildman–Crippen LogP) is 1.61. The predicted molar refractivity (Wildman–Crippen MR) is 68.5 cm³/mol. The van der Waals surface area contributed by atoms with Crippen LogP contribution in [0.15, 0.2) is 23.1 Å². The normalized spacial score (nSPS) is 10.4. The number of nitrogen functional groups attached to an aromatic ring is 1. The number of methoxy groups -OCH3 is 1. The number of ether oxygens (including phenoxy) is 1. The summed E-state index contributed by atoms with van der Waals surface area (Å²) in [5.74, 6) is 1.92. The van der Waals surface area contributed by atoms with Crippen LogP contribution in [-0.2, 0) is 6.54 Å². The Morgan fingerprint density at radius 3 is 2.83 bits per heavy atom. The molecule has 2 aromatic rings. The van der Waals surface area contributed by atoms with Crippen LogP contribution in [0.25, 0.3) is 0 Å². The van der Waals surface area contributed by atoms with E-state index in [1.165, 1.54) is 13.4 Å². The molecule has 6 heteroatoms. The quantitative estimate of drug-likeness (QED) is 0.885. The van der Waals surface area contributed by atoms with Crippen molar-refractivity contribution in [2.45, 2.75) is 13.5 Å². The third-order valence-corrected chi connectivity index (χ3v) is 2.76. The van der Waals surface area contributed by atoms with E-state index in [-0.39, 0.29) is 0 Å². The Morgan fingerprint density at radius 1 is 1.44 bits per heavy atom. The highest BCUT2D eigenvalue weighted by Crippen LogP contribution is 2.27. The van der Waals surface area contributed by atoms with Gasteiger partial charge in [-0.05, 0) is 13.0 Å². The van der Waals surface area contributed by atoms with Crippen LogP contribution >= 0.6 is 0 Å². The first-order valence-electron chi connectivity index (χ1n) is 5.52. The number of nitrogens with zero attached hydrogens (tertiary/aromatic N) is 3. The van der Waals surface area contributed by atoms with E-state index in [1.807, 2.05) is 24.9 Å². The molecule has 0 radical (unpaired) electrons. The Kier molecular flexibility index (Phi) is 3.36. The molecule has 2 N–H and O–H groups in total. The average Bonchev–Trinajstić information content (AvgIpc) is 2.75. The Bertz CT molecular complexity index is 539. The highest BCUT2D eigenvalue weighted by molar-refractivity contribution is 5.67.